The van der Waals surface area contributed by atoms with E-state index in [1.165, 1.54) is 18.4 Å². The summed E-state index contributed by atoms with van der Waals surface area (Å²) in [6.07, 6.45) is 5.58. The van der Waals surface area contributed by atoms with Crippen LogP contribution in [0, 0.1) is 5.41 Å². The Hall–Kier alpha value is -0.300. The van der Waals surface area contributed by atoms with Crippen molar-refractivity contribution in [3.63, 3.8) is 0 Å². The zero-order valence-corrected chi connectivity index (χ0v) is 7.72. The average molecular weight is 154 g/mol. The summed E-state index contributed by atoms with van der Waals surface area (Å²) < 4.78 is 0. The topological polar surface area (TPSA) is 20.2 Å². The van der Waals surface area contributed by atoms with Crippen LogP contribution in [0.2, 0.25) is 0 Å². The SMILES string of the molecule is CC(C)=CCC1([C@@H](C)O)CC1. The fraction of sp³-hybridized carbons (Fsp3) is 0.800. The van der Waals surface area contributed by atoms with Crippen molar-refractivity contribution in [3.8, 4) is 0 Å². The molecule has 0 spiro atoms. The molecule has 0 saturated heterocycles. The zero-order valence-electron chi connectivity index (χ0n) is 7.72. The second-order valence-electron chi connectivity index (χ2n) is 4.02. The van der Waals surface area contributed by atoms with Crippen molar-refractivity contribution in [1.82, 2.24) is 0 Å². The van der Waals surface area contributed by atoms with Crippen LogP contribution in [0.25, 0.3) is 0 Å². The van der Waals surface area contributed by atoms with Gasteiger partial charge >= 0.3 is 0 Å². The molecule has 0 aromatic carbocycles. The normalized spacial score (nSPS) is 22.5. The Morgan fingerprint density at radius 2 is 2.09 bits per heavy atom. The lowest BCUT2D eigenvalue weighted by molar-refractivity contribution is 0.112. The third kappa shape index (κ3) is 2.06. The zero-order chi connectivity index (χ0) is 8.48. The molecule has 0 bridgehead atoms. The lowest BCUT2D eigenvalue weighted by atomic mass is 9.95. The van der Waals surface area contributed by atoms with E-state index >= 15 is 0 Å². The van der Waals surface area contributed by atoms with Gasteiger partial charge in [0.1, 0.15) is 0 Å². The molecule has 1 nitrogen and oxygen atoms in total. The molecule has 1 fully saturated rings. The van der Waals surface area contributed by atoms with Crippen LogP contribution in [-0.2, 0) is 0 Å². The summed E-state index contributed by atoms with van der Waals surface area (Å²) in [6, 6.07) is 0. The van der Waals surface area contributed by atoms with Gasteiger partial charge < -0.3 is 5.11 Å². The van der Waals surface area contributed by atoms with Crippen LogP contribution in [0.4, 0.5) is 0 Å². The van der Waals surface area contributed by atoms with E-state index in [-0.39, 0.29) is 11.5 Å². The van der Waals surface area contributed by atoms with Gasteiger partial charge in [-0.05, 0) is 45.4 Å². The lowest BCUT2D eigenvalue weighted by Crippen LogP contribution is -2.16. The molecule has 1 rings (SSSR count). The van der Waals surface area contributed by atoms with E-state index in [1.807, 2.05) is 6.92 Å². The van der Waals surface area contributed by atoms with Gasteiger partial charge in [-0.25, -0.2) is 0 Å². The fourth-order valence-corrected chi connectivity index (χ4v) is 1.36. The van der Waals surface area contributed by atoms with Crippen molar-refractivity contribution in [2.75, 3.05) is 0 Å². The molecule has 0 amide bonds. The first-order chi connectivity index (χ1) is 5.07. The summed E-state index contributed by atoms with van der Waals surface area (Å²) in [6.45, 7) is 6.13. The van der Waals surface area contributed by atoms with Crippen LogP contribution < -0.4 is 0 Å². The predicted molar refractivity (Wildman–Crippen MR) is 47.4 cm³/mol. The van der Waals surface area contributed by atoms with Crippen molar-refractivity contribution in [2.24, 2.45) is 5.41 Å². The molecule has 0 aromatic rings. The van der Waals surface area contributed by atoms with Gasteiger partial charge in [0.05, 0.1) is 6.10 Å². The Bertz CT molecular complexity index is 160. The Labute approximate surface area is 69.1 Å². The second kappa shape index (κ2) is 2.98. The maximum atomic E-state index is 9.43. The Morgan fingerprint density at radius 3 is 2.36 bits per heavy atom. The predicted octanol–water partition coefficient (Wildman–Crippen LogP) is 2.50. The molecule has 0 radical (unpaired) electrons. The number of aliphatic hydroxyl groups excluding tert-OH is 1. The molecule has 64 valence electrons. The number of hydrogen-bond donors (Lipinski definition) is 1. The average Bonchev–Trinajstić information content (AvgIpc) is 2.63. The molecule has 11 heavy (non-hydrogen) atoms. The summed E-state index contributed by atoms with van der Waals surface area (Å²) in [7, 11) is 0. The van der Waals surface area contributed by atoms with Gasteiger partial charge in [0.15, 0.2) is 0 Å². The molecule has 0 aliphatic heterocycles. The molecule has 1 heteroatoms. The number of rotatable bonds is 3. The molecule has 1 aliphatic carbocycles. The van der Waals surface area contributed by atoms with Crippen molar-refractivity contribution in [3.05, 3.63) is 11.6 Å². The second-order valence-corrected chi connectivity index (χ2v) is 4.02. The Morgan fingerprint density at radius 1 is 1.55 bits per heavy atom. The lowest BCUT2D eigenvalue weighted by Gasteiger charge is -2.15. The maximum Gasteiger partial charge on any atom is 0.0571 e. The molecule has 0 heterocycles. The van der Waals surface area contributed by atoms with E-state index in [2.05, 4.69) is 19.9 Å². The van der Waals surface area contributed by atoms with Crippen molar-refractivity contribution in [1.29, 1.82) is 0 Å². The minimum atomic E-state index is -0.127. The molecule has 1 saturated carbocycles. The van der Waals surface area contributed by atoms with E-state index in [4.69, 9.17) is 0 Å². The molecule has 1 aliphatic rings. The molecule has 1 atom stereocenters. The van der Waals surface area contributed by atoms with Crippen LogP contribution in [0.5, 0.6) is 0 Å². The molecule has 1 N–H and O–H groups in total. The van der Waals surface area contributed by atoms with E-state index in [9.17, 15) is 5.11 Å². The minimum Gasteiger partial charge on any atom is -0.393 e. The van der Waals surface area contributed by atoms with Crippen molar-refractivity contribution >= 4 is 0 Å². The van der Waals surface area contributed by atoms with Crippen LogP contribution in [0.1, 0.15) is 40.0 Å². The standard InChI is InChI=1S/C10H18O/c1-8(2)4-5-10(6-7-10)9(3)11/h4,9,11H,5-7H2,1-3H3/t9-/m1/s1. The van der Waals surface area contributed by atoms with Crippen LogP contribution >= 0.6 is 0 Å². The molecule has 0 aromatic heterocycles. The monoisotopic (exact) mass is 154 g/mol. The summed E-state index contributed by atoms with van der Waals surface area (Å²) in [5, 5.41) is 9.43. The smallest absolute Gasteiger partial charge is 0.0571 e. The van der Waals surface area contributed by atoms with Gasteiger partial charge in [0.2, 0.25) is 0 Å². The van der Waals surface area contributed by atoms with Gasteiger partial charge in [-0.3, -0.25) is 0 Å². The van der Waals surface area contributed by atoms with Crippen LogP contribution in [-0.4, -0.2) is 11.2 Å². The summed E-state index contributed by atoms with van der Waals surface area (Å²) >= 11 is 0. The van der Waals surface area contributed by atoms with Crippen molar-refractivity contribution < 1.29 is 5.11 Å². The van der Waals surface area contributed by atoms with Crippen LogP contribution in [0.3, 0.4) is 0 Å². The minimum absolute atomic E-state index is 0.127. The van der Waals surface area contributed by atoms with Gasteiger partial charge in [0, 0.05) is 0 Å². The Kier molecular flexibility index (Phi) is 2.38. The third-order valence-corrected chi connectivity index (χ3v) is 2.70. The van der Waals surface area contributed by atoms with Crippen molar-refractivity contribution in [2.45, 2.75) is 46.1 Å². The van der Waals surface area contributed by atoms with Gasteiger partial charge in [0.25, 0.3) is 0 Å². The van der Waals surface area contributed by atoms with Gasteiger partial charge in [-0.2, -0.15) is 0 Å². The van der Waals surface area contributed by atoms with Gasteiger partial charge in [-0.15, -0.1) is 0 Å². The van der Waals surface area contributed by atoms with E-state index in [0.717, 1.165) is 6.42 Å². The molecular formula is C10H18O. The highest BCUT2D eigenvalue weighted by atomic mass is 16.3. The van der Waals surface area contributed by atoms with Crippen LogP contribution in [0.15, 0.2) is 11.6 Å². The van der Waals surface area contributed by atoms with Gasteiger partial charge in [-0.1, -0.05) is 11.6 Å². The van der Waals surface area contributed by atoms with E-state index < -0.39 is 0 Å². The summed E-state index contributed by atoms with van der Waals surface area (Å²) in [5.41, 5.74) is 1.62. The highest BCUT2D eigenvalue weighted by Crippen LogP contribution is 2.52. The highest BCUT2D eigenvalue weighted by molar-refractivity contribution is 5.05. The quantitative estimate of drug-likeness (QED) is 0.619. The van der Waals surface area contributed by atoms with E-state index in [1.54, 1.807) is 0 Å². The molecule has 0 unspecified atom stereocenters. The summed E-state index contributed by atoms with van der Waals surface area (Å²) in [5.74, 6) is 0. The number of allylic oxidation sites excluding steroid dienone is 2. The highest BCUT2D eigenvalue weighted by Gasteiger charge is 2.45. The maximum absolute atomic E-state index is 9.43. The largest absolute Gasteiger partial charge is 0.393 e. The third-order valence-electron chi connectivity index (χ3n) is 2.70. The number of hydrogen-bond acceptors (Lipinski definition) is 1. The van der Waals surface area contributed by atoms with E-state index in [0.29, 0.717) is 0 Å². The summed E-state index contributed by atoms with van der Waals surface area (Å²) in [4.78, 5) is 0. The first-order valence-electron chi connectivity index (χ1n) is 4.38. The first-order valence-corrected chi connectivity index (χ1v) is 4.38. The first kappa shape index (κ1) is 8.79. The fourth-order valence-electron chi connectivity index (χ4n) is 1.36. The number of aliphatic hydroxyl groups is 1. The molecular weight excluding hydrogens is 136 g/mol. The Balaban J connectivity index is 2.42.